The molecule has 1 aliphatic rings. The van der Waals surface area contributed by atoms with Gasteiger partial charge in [0.1, 0.15) is 6.33 Å². The van der Waals surface area contributed by atoms with Crippen LogP contribution in [0, 0.1) is 5.92 Å². The zero-order valence-corrected chi connectivity index (χ0v) is 13.2. The maximum Gasteiger partial charge on any atom is 0.253 e. The fraction of sp³-hybridized carbons (Fsp3) is 0.500. The van der Waals surface area contributed by atoms with Crippen LogP contribution in [0.1, 0.15) is 36.0 Å². The van der Waals surface area contributed by atoms with E-state index in [0.29, 0.717) is 12.1 Å². The van der Waals surface area contributed by atoms with Crippen molar-refractivity contribution in [2.45, 2.75) is 31.8 Å². The molecule has 1 aromatic heterocycles. The van der Waals surface area contributed by atoms with E-state index in [0.717, 1.165) is 31.4 Å². The van der Waals surface area contributed by atoms with Crippen molar-refractivity contribution in [3.8, 4) is 5.69 Å². The number of nitrogens with zero attached hydrogens (tertiary/aromatic N) is 5. The molecule has 1 amide bonds. The molecule has 122 valence electrons. The number of carbonyl (C=O) groups is 1. The van der Waals surface area contributed by atoms with E-state index in [1.54, 1.807) is 24.1 Å². The Hall–Kier alpha value is -2.28. The van der Waals surface area contributed by atoms with Crippen molar-refractivity contribution in [3.63, 3.8) is 0 Å². The van der Waals surface area contributed by atoms with Gasteiger partial charge in [-0.3, -0.25) is 4.79 Å². The molecule has 0 radical (unpaired) electrons. The normalized spacial score (nSPS) is 21.1. The Labute approximate surface area is 134 Å². The number of hydrogen-bond donors (Lipinski definition) is 1. The molecular formula is C16H21N5O2. The zero-order valence-electron chi connectivity index (χ0n) is 13.2. The summed E-state index contributed by atoms with van der Waals surface area (Å²) in [4.78, 5) is 14.3. The van der Waals surface area contributed by atoms with E-state index < -0.39 is 0 Å². The molecule has 1 fully saturated rings. The molecule has 0 aliphatic heterocycles. The van der Waals surface area contributed by atoms with Gasteiger partial charge < -0.3 is 10.0 Å². The van der Waals surface area contributed by atoms with Gasteiger partial charge in [-0.15, -0.1) is 5.10 Å². The van der Waals surface area contributed by atoms with Crippen molar-refractivity contribution in [1.29, 1.82) is 0 Å². The molecule has 1 N–H and O–H groups in total. The molecule has 1 heterocycles. The van der Waals surface area contributed by atoms with Crippen LogP contribution in [0.2, 0.25) is 0 Å². The minimum atomic E-state index is -0.299. The number of amides is 1. The van der Waals surface area contributed by atoms with Gasteiger partial charge in [0.05, 0.1) is 11.8 Å². The summed E-state index contributed by atoms with van der Waals surface area (Å²) in [6.07, 6.45) is 5.20. The second-order valence-electron chi connectivity index (χ2n) is 6.10. The van der Waals surface area contributed by atoms with Crippen molar-refractivity contribution in [2.75, 3.05) is 13.6 Å². The largest absolute Gasteiger partial charge is 0.393 e. The SMILES string of the molecule is CN(CC1CCCCC1O)C(=O)c1cccc(-n2cnnn2)c1. The topological polar surface area (TPSA) is 84.1 Å². The summed E-state index contributed by atoms with van der Waals surface area (Å²) < 4.78 is 1.52. The first-order chi connectivity index (χ1) is 11.1. The van der Waals surface area contributed by atoms with E-state index in [-0.39, 0.29) is 17.9 Å². The van der Waals surface area contributed by atoms with Gasteiger partial charge in [0.2, 0.25) is 0 Å². The van der Waals surface area contributed by atoms with Gasteiger partial charge in [-0.1, -0.05) is 18.9 Å². The first-order valence-corrected chi connectivity index (χ1v) is 7.92. The van der Waals surface area contributed by atoms with E-state index in [2.05, 4.69) is 15.5 Å². The molecule has 7 nitrogen and oxygen atoms in total. The highest BCUT2D eigenvalue weighted by molar-refractivity contribution is 5.94. The summed E-state index contributed by atoms with van der Waals surface area (Å²) in [6.45, 7) is 0.578. The van der Waals surface area contributed by atoms with Gasteiger partial charge >= 0.3 is 0 Å². The van der Waals surface area contributed by atoms with E-state index in [1.165, 1.54) is 11.0 Å². The highest BCUT2D eigenvalue weighted by atomic mass is 16.3. The van der Waals surface area contributed by atoms with Crippen molar-refractivity contribution < 1.29 is 9.90 Å². The van der Waals surface area contributed by atoms with Crippen molar-refractivity contribution in [1.82, 2.24) is 25.1 Å². The van der Waals surface area contributed by atoms with Crippen LogP contribution in [0.4, 0.5) is 0 Å². The summed E-state index contributed by atoms with van der Waals surface area (Å²) in [6, 6.07) is 7.21. The second-order valence-corrected chi connectivity index (χ2v) is 6.10. The third kappa shape index (κ3) is 3.56. The Kier molecular flexibility index (Phi) is 4.66. The van der Waals surface area contributed by atoms with Crippen molar-refractivity contribution in [3.05, 3.63) is 36.2 Å². The van der Waals surface area contributed by atoms with Gasteiger partial charge in [0, 0.05) is 25.1 Å². The lowest BCUT2D eigenvalue weighted by Crippen LogP contribution is -2.38. The van der Waals surface area contributed by atoms with Crippen LogP contribution in [0.5, 0.6) is 0 Å². The minimum absolute atomic E-state index is 0.0577. The van der Waals surface area contributed by atoms with Gasteiger partial charge in [-0.25, -0.2) is 4.68 Å². The maximum absolute atomic E-state index is 12.6. The van der Waals surface area contributed by atoms with Crippen molar-refractivity contribution in [2.24, 2.45) is 5.92 Å². The molecule has 0 bridgehead atoms. The molecule has 2 aromatic rings. The third-order valence-corrected chi connectivity index (χ3v) is 4.43. The van der Waals surface area contributed by atoms with Crippen LogP contribution < -0.4 is 0 Å². The minimum Gasteiger partial charge on any atom is -0.393 e. The number of tetrazole rings is 1. The molecule has 3 rings (SSSR count). The Morgan fingerprint density at radius 3 is 2.96 bits per heavy atom. The van der Waals surface area contributed by atoms with Gasteiger partial charge in [-0.2, -0.15) is 0 Å². The average molecular weight is 315 g/mol. The van der Waals surface area contributed by atoms with Crippen LogP contribution in [-0.4, -0.2) is 55.8 Å². The van der Waals surface area contributed by atoms with Gasteiger partial charge in [-0.05, 0) is 41.5 Å². The van der Waals surface area contributed by atoms with Gasteiger partial charge in [0.25, 0.3) is 5.91 Å². The average Bonchev–Trinajstić information content (AvgIpc) is 3.11. The molecule has 2 atom stereocenters. The predicted molar refractivity (Wildman–Crippen MR) is 84.1 cm³/mol. The molecule has 1 saturated carbocycles. The Bertz CT molecular complexity index is 658. The number of aliphatic hydroxyl groups excluding tert-OH is 1. The lowest BCUT2D eigenvalue weighted by Gasteiger charge is -2.31. The monoisotopic (exact) mass is 315 g/mol. The van der Waals surface area contributed by atoms with Gasteiger partial charge in [0.15, 0.2) is 0 Å². The number of rotatable bonds is 4. The first kappa shape index (κ1) is 15.6. The molecule has 23 heavy (non-hydrogen) atoms. The fourth-order valence-corrected chi connectivity index (χ4v) is 3.12. The molecule has 1 aliphatic carbocycles. The van der Waals surface area contributed by atoms with Crippen LogP contribution >= 0.6 is 0 Å². The van der Waals surface area contributed by atoms with Crippen LogP contribution in [0.3, 0.4) is 0 Å². The Morgan fingerprint density at radius 1 is 1.39 bits per heavy atom. The zero-order chi connectivity index (χ0) is 16.2. The van der Waals surface area contributed by atoms with Crippen molar-refractivity contribution >= 4 is 5.91 Å². The predicted octanol–water partition coefficient (Wildman–Crippen LogP) is 1.29. The molecule has 0 spiro atoms. The Morgan fingerprint density at radius 2 is 2.22 bits per heavy atom. The smallest absolute Gasteiger partial charge is 0.253 e. The summed E-state index contributed by atoms with van der Waals surface area (Å²) >= 11 is 0. The highest BCUT2D eigenvalue weighted by Gasteiger charge is 2.26. The molecule has 7 heteroatoms. The molecule has 1 aromatic carbocycles. The number of benzene rings is 1. The summed E-state index contributed by atoms with van der Waals surface area (Å²) in [5, 5.41) is 21.1. The Balaban J connectivity index is 1.71. The van der Waals surface area contributed by atoms with Crippen LogP contribution in [0.25, 0.3) is 5.69 Å². The third-order valence-electron chi connectivity index (χ3n) is 4.43. The maximum atomic E-state index is 12.6. The molecule has 2 unspecified atom stereocenters. The van der Waals surface area contributed by atoms with Crippen LogP contribution in [-0.2, 0) is 0 Å². The lowest BCUT2D eigenvalue weighted by atomic mass is 9.86. The second kappa shape index (κ2) is 6.87. The fourth-order valence-electron chi connectivity index (χ4n) is 3.12. The summed E-state index contributed by atoms with van der Waals surface area (Å²) in [7, 11) is 1.79. The summed E-state index contributed by atoms with van der Waals surface area (Å²) in [5.74, 6) is 0.109. The quantitative estimate of drug-likeness (QED) is 0.919. The van der Waals surface area contributed by atoms with E-state index in [1.807, 2.05) is 12.1 Å². The van der Waals surface area contributed by atoms with E-state index in [4.69, 9.17) is 0 Å². The number of carbonyl (C=O) groups excluding carboxylic acids is 1. The van der Waals surface area contributed by atoms with Crippen LogP contribution in [0.15, 0.2) is 30.6 Å². The highest BCUT2D eigenvalue weighted by Crippen LogP contribution is 2.25. The van der Waals surface area contributed by atoms with E-state index >= 15 is 0 Å². The number of aromatic nitrogens is 4. The number of aliphatic hydroxyl groups is 1. The molecular weight excluding hydrogens is 294 g/mol. The summed E-state index contributed by atoms with van der Waals surface area (Å²) in [5.41, 5.74) is 1.33. The van der Waals surface area contributed by atoms with E-state index in [9.17, 15) is 9.90 Å². The molecule has 0 saturated heterocycles. The number of hydrogen-bond acceptors (Lipinski definition) is 5. The standard InChI is InChI=1S/C16H21N5O2/c1-20(10-13-5-2-3-8-15(13)22)16(23)12-6-4-7-14(9-12)21-11-17-18-19-21/h4,6-7,9,11,13,15,22H,2-3,5,8,10H2,1H3. The lowest BCUT2D eigenvalue weighted by molar-refractivity contribution is 0.0451. The first-order valence-electron chi connectivity index (χ1n) is 7.92.